The molecule has 0 radical (unpaired) electrons. The lowest BCUT2D eigenvalue weighted by Gasteiger charge is -2.43. The molecule has 1 heterocycles. The first kappa shape index (κ1) is 30.5. The molecular formula is C32H42O7. The Balaban J connectivity index is 1.55. The molecule has 7 heteroatoms. The van der Waals surface area contributed by atoms with E-state index in [1.54, 1.807) is 48.5 Å². The van der Waals surface area contributed by atoms with Gasteiger partial charge in [-0.25, -0.2) is 9.59 Å². The predicted octanol–water partition coefficient (Wildman–Crippen LogP) is 6.40. The number of unbranched alkanes of at least 4 members (excludes halogenated alkanes) is 7. The van der Waals surface area contributed by atoms with Gasteiger partial charge in [-0.15, -0.1) is 0 Å². The Morgan fingerprint density at radius 2 is 1.33 bits per heavy atom. The highest BCUT2D eigenvalue weighted by molar-refractivity contribution is 5.89. The molecule has 2 aromatic rings. The summed E-state index contributed by atoms with van der Waals surface area (Å²) in [6.07, 6.45) is 7.21. The number of hydrogen-bond donors (Lipinski definition) is 0. The van der Waals surface area contributed by atoms with Crippen LogP contribution >= 0.6 is 0 Å². The third-order valence-corrected chi connectivity index (χ3v) is 7.40. The lowest BCUT2D eigenvalue weighted by atomic mass is 9.83. The molecule has 0 aromatic heterocycles. The smallest absolute Gasteiger partial charge is 0.338 e. The molecule has 1 aliphatic rings. The van der Waals surface area contributed by atoms with Crippen LogP contribution in [0.1, 0.15) is 85.9 Å². The molecule has 0 N–H and O–H groups in total. The van der Waals surface area contributed by atoms with Gasteiger partial charge in [0.15, 0.2) is 12.4 Å². The second-order valence-electron chi connectivity index (χ2n) is 10.3. The van der Waals surface area contributed by atoms with Gasteiger partial charge in [0.1, 0.15) is 12.9 Å². The van der Waals surface area contributed by atoms with Gasteiger partial charge in [0, 0.05) is 18.9 Å². The van der Waals surface area contributed by atoms with E-state index in [4.69, 9.17) is 18.9 Å². The molecule has 0 spiro atoms. The first-order chi connectivity index (χ1) is 19.0. The molecule has 3 rings (SSSR count). The molecule has 2 unspecified atom stereocenters. The highest BCUT2D eigenvalue weighted by Gasteiger charge is 2.45. The standard InChI is InChI=1S/C32H42O7/c1-24-25(2)29(39-31(35)27-19-13-10-14-20-27)32(36-22-16-8-6-4-3-5-7-15-21-33)38-28(24)23-37-30(34)26-17-11-9-12-18-26/h9-14,17-21,24-25,28-29,32H,3-8,15-16,22-23H2,1-2H3/t24-,25-,28?,29?,32+/m0/s1. The minimum Gasteiger partial charge on any atom is -0.459 e. The van der Waals surface area contributed by atoms with E-state index >= 15 is 0 Å². The Bertz CT molecular complexity index is 992. The van der Waals surface area contributed by atoms with Crippen molar-refractivity contribution < 1.29 is 33.3 Å². The van der Waals surface area contributed by atoms with Crippen LogP contribution in [0, 0.1) is 11.8 Å². The molecule has 1 saturated heterocycles. The molecule has 39 heavy (non-hydrogen) atoms. The number of carbonyl (C=O) groups is 3. The fourth-order valence-electron chi connectivity index (χ4n) is 4.74. The fourth-order valence-corrected chi connectivity index (χ4v) is 4.74. The summed E-state index contributed by atoms with van der Waals surface area (Å²) < 4.78 is 24.0. The summed E-state index contributed by atoms with van der Waals surface area (Å²) in [5.41, 5.74) is 0.961. The van der Waals surface area contributed by atoms with E-state index in [9.17, 15) is 14.4 Å². The average Bonchev–Trinajstić information content (AvgIpc) is 2.97. The molecule has 2 aromatic carbocycles. The van der Waals surface area contributed by atoms with Crippen molar-refractivity contribution in [3.05, 3.63) is 71.8 Å². The van der Waals surface area contributed by atoms with Crippen LogP contribution < -0.4 is 0 Å². The van der Waals surface area contributed by atoms with Gasteiger partial charge in [0.25, 0.3) is 0 Å². The van der Waals surface area contributed by atoms with Gasteiger partial charge in [-0.3, -0.25) is 0 Å². The zero-order valence-electron chi connectivity index (χ0n) is 23.2. The summed E-state index contributed by atoms with van der Waals surface area (Å²) in [5, 5.41) is 0. The quantitative estimate of drug-likeness (QED) is 0.139. The third kappa shape index (κ3) is 9.90. The van der Waals surface area contributed by atoms with Gasteiger partial charge in [-0.2, -0.15) is 0 Å². The number of ether oxygens (including phenoxy) is 4. The Hall–Kier alpha value is -3.03. The van der Waals surface area contributed by atoms with Crippen LogP contribution in [0.25, 0.3) is 0 Å². The zero-order chi connectivity index (χ0) is 27.9. The van der Waals surface area contributed by atoms with Gasteiger partial charge in [0.05, 0.1) is 17.2 Å². The van der Waals surface area contributed by atoms with Crippen LogP contribution in [-0.2, 0) is 23.7 Å². The van der Waals surface area contributed by atoms with Crippen molar-refractivity contribution in [1.82, 2.24) is 0 Å². The second-order valence-corrected chi connectivity index (χ2v) is 10.3. The SMILES string of the molecule is C[C@@H]1C(COC(=O)c2ccccc2)O[C@@H](OCCCCCCCCCC=O)C(OC(=O)c2ccccc2)[C@H]1C. The van der Waals surface area contributed by atoms with Crippen LogP contribution in [0.3, 0.4) is 0 Å². The van der Waals surface area contributed by atoms with E-state index in [0.29, 0.717) is 24.2 Å². The maximum absolute atomic E-state index is 12.9. The van der Waals surface area contributed by atoms with Crippen molar-refractivity contribution in [2.45, 2.75) is 83.7 Å². The van der Waals surface area contributed by atoms with Crippen molar-refractivity contribution in [3.63, 3.8) is 0 Å². The Morgan fingerprint density at radius 3 is 1.95 bits per heavy atom. The minimum atomic E-state index is -0.757. The maximum atomic E-state index is 12.9. The van der Waals surface area contributed by atoms with Gasteiger partial charge in [-0.1, -0.05) is 82.3 Å². The van der Waals surface area contributed by atoms with E-state index in [2.05, 4.69) is 0 Å². The van der Waals surface area contributed by atoms with Crippen LogP contribution in [0.15, 0.2) is 60.7 Å². The van der Waals surface area contributed by atoms with Crippen molar-refractivity contribution in [3.8, 4) is 0 Å². The van der Waals surface area contributed by atoms with Gasteiger partial charge in [0.2, 0.25) is 0 Å². The largest absolute Gasteiger partial charge is 0.459 e. The lowest BCUT2D eigenvalue weighted by Crippen LogP contribution is -2.53. The van der Waals surface area contributed by atoms with Crippen molar-refractivity contribution in [2.24, 2.45) is 11.8 Å². The van der Waals surface area contributed by atoms with Crippen LogP contribution in [-0.4, -0.2) is 49.9 Å². The van der Waals surface area contributed by atoms with E-state index in [1.165, 1.54) is 0 Å². The Morgan fingerprint density at radius 1 is 0.769 bits per heavy atom. The van der Waals surface area contributed by atoms with Crippen molar-refractivity contribution >= 4 is 18.2 Å². The summed E-state index contributed by atoms with van der Waals surface area (Å²) in [7, 11) is 0. The molecule has 1 aliphatic heterocycles. The molecular weight excluding hydrogens is 496 g/mol. The number of rotatable bonds is 16. The van der Waals surface area contributed by atoms with Crippen LogP contribution in [0.4, 0.5) is 0 Å². The number of aldehydes is 1. The second kappa shape index (κ2) is 16.8. The normalized spacial score (nSPS) is 22.7. The van der Waals surface area contributed by atoms with Gasteiger partial charge in [-0.05, 0) is 43.0 Å². The number of benzene rings is 2. The molecule has 5 atom stereocenters. The summed E-state index contributed by atoms with van der Waals surface area (Å²) in [5.74, 6) is -0.940. The molecule has 0 saturated carbocycles. The van der Waals surface area contributed by atoms with Gasteiger partial charge >= 0.3 is 11.9 Å². The maximum Gasteiger partial charge on any atom is 0.338 e. The highest BCUT2D eigenvalue weighted by Crippen LogP contribution is 2.34. The predicted molar refractivity (Wildman–Crippen MR) is 148 cm³/mol. The average molecular weight is 539 g/mol. The topological polar surface area (TPSA) is 88.1 Å². The Kier molecular flexibility index (Phi) is 13.2. The molecule has 0 amide bonds. The fraction of sp³-hybridized carbons (Fsp3) is 0.531. The zero-order valence-corrected chi connectivity index (χ0v) is 23.2. The summed E-state index contributed by atoms with van der Waals surface area (Å²) >= 11 is 0. The lowest BCUT2D eigenvalue weighted by molar-refractivity contribution is -0.274. The van der Waals surface area contributed by atoms with Crippen molar-refractivity contribution in [1.29, 1.82) is 0 Å². The Labute approximate surface area is 232 Å². The molecule has 7 nitrogen and oxygen atoms in total. The first-order valence-corrected chi connectivity index (χ1v) is 14.2. The van der Waals surface area contributed by atoms with E-state index < -0.39 is 30.4 Å². The molecule has 0 bridgehead atoms. The van der Waals surface area contributed by atoms with Crippen LogP contribution in [0.5, 0.6) is 0 Å². The number of esters is 2. The minimum absolute atomic E-state index is 0.0405. The monoisotopic (exact) mass is 538 g/mol. The van der Waals surface area contributed by atoms with Crippen molar-refractivity contribution in [2.75, 3.05) is 13.2 Å². The molecule has 1 fully saturated rings. The molecule has 212 valence electrons. The third-order valence-electron chi connectivity index (χ3n) is 7.40. The van der Waals surface area contributed by atoms with E-state index in [0.717, 1.165) is 51.2 Å². The van der Waals surface area contributed by atoms with E-state index in [-0.39, 0.29) is 18.4 Å². The summed E-state index contributed by atoms with van der Waals surface area (Å²) in [6, 6.07) is 17.8. The number of carbonyl (C=O) groups excluding carboxylic acids is 3. The van der Waals surface area contributed by atoms with Gasteiger partial charge < -0.3 is 23.7 Å². The highest BCUT2D eigenvalue weighted by atomic mass is 16.7. The summed E-state index contributed by atoms with van der Waals surface area (Å²) in [6.45, 7) is 4.60. The number of hydrogen-bond acceptors (Lipinski definition) is 7. The van der Waals surface area contributed by atoms with E-state index in [1.807, 2.05) is 26.0 Å². The first-order valence-electron chi connectivity index (χ1n) is 14.2. The summed E-state index contributed by atoms with van der Waals surface area (Å²) in [4.78, 5) is 35.8. The van der Waals surface area contributed by atoms with Crippen LogP contribution in [0.2, 0.25) is 0 Å². The molecule has 0 aliphatic carbocycles.